The van der Waals surface area contributed by atoms with E-state index in [0.717, 1.165) is 42.6 Å². The molecule has 0 bridgehead atoms. The number of carbonyl (C=O) groups is 2. The first kappa shape index (κ1) is 17.9. The predicted molar refractivity (Wildman–Crippen MR) is 98.5 cm³/mol. The summed E-state index contributed by atoms with van der Waals surface area (Å²) >= 11 is 1.66. The van der Waals surface area contributed by atoms with Crippen LogP contribution in [0.4, 0.5) is 0 Å². The second-order valence-electron chi connectivity index (χ2n) is 6.49. The van der Waals surface area contributed by atoms with Gasteiger partial charge in [-0.2, -0.15) is 0 Å². The van der Waals surface area contributed by atoms with E-state index in [-0.39, 0.29) is 24.5 Å². The van der Waals surface area contributed by atoms with E-state index >= 15 is 0 Å². The van der Waals surface area contributed by atoms with E-state index in [4.69, 9.17) is 4.74 Å². The third kappa shape index (κ3) is 5.53. The number of carbonyl (C=O) groups excluding carboxylic acids is 2. The van der Waals surface area contributed by atoms with Gasteiger partial charge < -0.3 is 10.1 Å². The highest BCUT2D eigenvalue weighted by Crippen LogP contribution is 2.22. The van der Waals surface area contributed by atoms with Gasteiger partial charge in [0.15, 0.2) is 6.61 Å². The van der Waals surface area contributed by atoms with Crippen molar-refractivity contribution in [2.24, 2.45) is 0 Å². The van der Waals surface area contributed by atoms with Gasteiger partial charge in [0.2, 0.25) is 0 Å². The summed E-state index contributed by atoms with van der Waals surface area (Å²) in [6.07, 6.45) is 7.38. The van der Waals surface area contributed by atoms with Crippen LogP contribution in [-0.2, 0) is 20.7 Å². The third-order valence-electron chi connectivity index (χ3n) is 4.44. The molecule has 0 aliphatic heterocycles. The van der Waals surface area contributed by atoms with Gasteiger partial charge in [0.1, 0.15) is 0 Å². The number of esters is 1. The number of nitrogens with one attached hydrogen (secondary N) is 1. The zero-order valence-electron chi connectivity index (χ0n) is 14.3. The van der Waals surface area contributed by atoms with Crippen LogP contribution in [0, 0.1) is 0 Å². The van der Waals surface area contributed by atoms with E-state index in [1.165, 1.54) is 11.1 Å². The van der Waals surface area contributed by atoms with E-state index in [2.05, 4.69) is 16.4 Å². The highest BCUT2D eigenvalue weighted by atomic mass is 32.1. The summed E-state index contributed by atoms with van der Waals surface area (Å²) in [6, 6.07) is 8.27. The Morgan fingerprint density at radius 2 is 2.00 bits per heavy atom. The van der Waals surface area contributed by atoms with Gasteiger partial charge in [-0.15, -0.1) is 11.3 Å². The summed E-state index contributed by atoms with van der Waals surface area (Å²) in [4.78, 5) is 28.1. The number of hydrogen-bond acceptors (Lipinski definition) is 5. The minimum atomic E-state index is -0.320. The van der Waals surface area contributed by atoms with Crippen molar-refractivity contribution in [1.82, 2.24) is 10.3 Å². The maximum atomic E-state index is 11.8. The van der Waals surface area contributed by atoms with Crippen molar-refractivity contribution < 1.29 is 14.3 Å². The van der Waals surface area contributed by atoms with Gasteiger partial charge >= 0.3 is 5.97 Å². The number of ether oxygens (including phenoxy) is 1. The molecule has 5 nitrogen and oxygen atoms in total. The number of hydrogen-bond donors (Lipinski definition) is 1. The number of thiazole rings is 1. The summed E-state index contributed by atoms with van der Waals surface area (Å²) < 4.78 is 6.24. The molecule has 3 rings (SSSR count). The van der Waals surface area contributed by atoms with E-state index in [0.29, 0.717) is 12.8 Å². The lowest BCUT2D eigenvalue weighted by Gasteiger charge is -2.22. The van der Waals surface area contributed by atoms with Crippen LogP contribution in [0.5, 0.6) is 0 Å². The SMILES string of the molecule is O=C(COC(=O)CCCc1nc2ccccc2s1)NC1CCCCC1. The highest BCUT2D eigenvalue weighted by Gasteiger charge is 2.16. The molecule has 1 aromatic heterocycles. The molecule has 0 saturated heterocycles. The van der Waals surface area contributed by atoms with Gasteiger partial charge in [-0.05, 0) is 37.8 Å². The molecule has 1 aliphatic carbocycles. The maximum Gasteiger partial charge on any atom is 0.306 e. The molecule has 1 aliphatic rings. The molecule has 2 aromatic rings. The van der Waals surface area contributed by atoms with E-state index in [9.17, 15) is 9.59 Å². The molecule has 1 saturated carbocycles. The molecule has 1 fully saturated rings. The van der Waals surface area contributed by atoms with Crippen molar-refractivity contribution in [3.63, 3.8) is 0 Å². The van der Waals surface area contributed by atoms with Crippen molar-refractivity contribution in [3.8, 4) is 0 Å². The molecule has 1 heterocycles. The Hall–Kier alpha value is -1.95. The molecule has 0 unspecified atom stereocenters. The molecule has 0 atom stereocenters. The van der Waals surface area contributed by atoms with Gasteiger partial charge in [-0.3, -0.25) is 9.59 Å². The topological polar surface area (TPSA) is 68.3 Å². The molecule has 0 radical (unpaired) electrons. The molecule has 6 heteroatoms. The maximum absolute atomic E-state index is 11.8. The summed E-state index contributed by atoms with van der Waals surface area (Å²) in [5, 5.41) is 3.98. The van der Waals surface area contributed by atoms with E-state index in [1.54, 1.807) is 11.3 Å². The van der Waals surface area contributed by atoms with Crippen molar-refractivity contribution in [1.29, 1.82) is 0 Å². The lowest BCUT2D eigenvalue weighted by Crippen LogP contribution is -2.38. The Morgan fingerprint density at radius 1 is 1.20 bits per heavy atom. The number of rotatable bonds is 7. The first-order valence-electron chi connectivity index (χ1n) is 9.00. The van der Waals surface area contributed by atoms with Crippen molar-refractivity contribution >= 4 is 33.4 Å². The Kier molecular flexibility index (Phi) is 6.39. The summed E-state index contributed by atoms with van der Waals surface area (Å²) in [5.74, 6) is -0.508. The Bertz CT molecular complexity index is 689. The molecule has 1 N–H and O–H groups in total. The van der Waals surface area contributed by atoms with Crippen LogP contribution in [0.25, 0.3) is 10.2 Å². The van der Waals surface area contributed by atoms with E-state index in [1.807, 2.05) is 18.2 Å². The second kappa shape index (κ2) is 8.94. The number of benzene rings is 1. The van der Waals surface area contributed by atoms with Crippen LogP contribution < -0.4 is 5.32 Å². The lowest BCUT2D eigenvalue weighted by atomic mass is 9.95. The number of amides is 1. The Morgan fingerprint density at radius 3 is 2.80 bits per heavy atom. The molecule has 1 amide bonds. The fourth-order valence-corrected chi connectivity index (χ4v) is 4.15. The van der Waals surface area contributed by atoms with Crippen LogP contribution in [0.2, 0.25) is 0 Å². The average Bonchev–Trinajstić information content (AvgIpc) is 3.03. The minimum absolute atomic E-state index is 0.170. The summed E-state index contributed by atoms with van der Waals surface area (Å²) in [7, 11) is 0. The van der Waals surface area contributed by atoms with Gasteiger partial charge in [0, 0.05) is 12.5 Å². The van der Waals surface area contributed by atoms with Crippen LogP contribution >= 0.6 is 11.3 Å². The third-order valence-corrected chi connectivity index (χ3v) is 5.54. The molecular formula is C19H24N2O3S. The van der Waals surface area contributed by atoms with Gasteiger partial charge in [0.25, 0.3) is 5.91 Å². The monoisotopic (exact) mass is 360 g/mol. The van der Waals surface area contributed by atoms with Gasteiger partial charge in [0.05, 0.1) is 15.2 Å². The number of aromatic nitrogens is 1. The normalized spacial score (nSPS) is 15.2. The Labute approximate surface area is 151 Å². The quantitative estimate of drug-likeness (QED) is 0.766. The first-order valence-corrected chi connectivity index (χ1v) is 9.82. The largest absolute Gasteiger partial charge is 0.456 e. The zero-order chi connectivity index (χ0) is 17.5. The fourth-order valence-electron chi connectivity index (χ4n) is 3.15. The average molecular weight is 360 g/mol. The molecule has 0 spiro atoms. The summed E-state index contributed by atoms with van der Waals surface area (Å²) in [5.41, 5.74) is 1.00. The zero-order valence-corrected chi connectivity index (χ0v) is 15.1. The minimum Gasteiger partial charge on any atom is -0.456 e. The van der Waals surface area contributed by atoms with E-state index < -0.39 is 0 Å². The first-order chi connectivity index (χ1) is 12.2. The van der Waals surface area contributed by atoms with Crippen molar-refractivity contribution in [2.75, 3.05) is 6.61 Å². The van der Waals surface area contributed by atoms with Gasteiger partial charge in [-0.1, -0.05) is 31.4 Å². The van der Waals surface area contributed by atoms with Crippen LogP contribution in [-0.4, -0.2) is 29.5 Å². The van der Waals surface area contributed by atoms with Crippen LogP contribution in [0.15, 0.2) is 24.3 Å². The van der Waals surface area contributed by atoms with Crippen molar-refractivity contribution in [2.45, 2.75) is 57.4 Å². The number of para-hydroxylation sites is 1. The number of fused-ring (bicyclic) bond motifs is 1. The predicted octanol–water partition coefficient (Wildman–Crippen LogP) is 3.61. The van der Waals surface area contributed by atoms with Crippen LogP contribution in [0.1, 0.15) is 50.0 Å². The van der Waals surface area contributed by atoms with Gasteiger partial charge in [-0.25, -0.2) is 4.98 Å². The lowest BCUT2D eigenvalue weighted by molar-refractivity contribution is -0.148. The smallest absolute Gasteiger partial charge is 0.306 e. The highest BCUT2D eigenvalue weighted by molar-refractivity contribution is 7.18. The van der Waals surface area contributed by atoms with Crippen LogP contribution in [0.3, 0.4) is 0 Å². The second-order valence-corrected chi connectivity index (χ2v) is 7.61. The van der Waals surface area contributed by atoms with Crippen molar-refractivity contribution in [3.05, 3.63) is 29.3 Å². The number of aryl methyl sites for hydroxylation is 1. The summed E-state index contributed by atoms with van der Waals surface area (Å²) in [6.45, 7) is -0.170. The Balaban J connectivity index is 1.33. The number of nitrogens with zero attached hydrogens (tertiary/aromatic N) is 1. The molecular weight excluding hydrogens is 336 g/mol. The fraction of sp³-hybridized carbons (Fsp3) is 0.526. The molecule has 25 heavy (non-hydrogen) atoms. The molecule has 134 valence electrons. The standard InChI is InChI=1S/C19H24N2O3S/c22-17(20-14-7-2-1-3-8-14)13-24-19(23)12-6-11-18-21-15-9-4-5-10-16(15)25-18/h4-5,9-10,14H,1-3,6-8,11-13H2,(H,20,22). The molecule has 1 aromatic carbocycles.